The molecule has 3 aromatic rings. The maximum atomic E-state index is 12.4. The summed E-state index contributed by atoms with van der Waals surface area (Å²) in [5.74, 6) is -0.477. The normalized spacial score (nSPS) is 10.4. The zero-order valence-electron chi connectivity index (χ0n) is 14.9. The third-order valence-electron chi connectivity index (χ3n) is 3.91. The zero-order valence-corrected chi connectivity index (χ0v) is 14.9. The Morgan fingerprint density at radius 1 is 1.14 bits per heavy atom. The second-order valence-corrected chi connectivity index (χ2v) is 5.75. The van der Waals surface area contributed by atoms with E-state index in [1.807, 2.05) is 0 Å². The van der Waals surface area contributed by atoms with Crippen molar-refractivity contribution in [1.82, 2.24) is 25.8 Å². The van der Waals surface area contributed by atoms with Gasteiger partial charge in [-0.3, -0.25) is 14.8 Å². The molecule has 2 aromatic carbocycles. The van der Waals surface area contributed by atoms with Gasteiger partial charge in [-0.2, -0.15) is 0 Å². The lowest BCUT2D eigenvalue weighted by Gasteiger charge is -2.05. The van der Waals surface area contributed by atoms with Gasteiger partial charge >= 0.3 is 0 Å². The van der Waals surface area contributed by atoms with Crippen LogP contribution in [0.1, 0.15) is 26.4 Å². The van der Waals surface area contributed by atoms with Crippen molar-refractivity contribution in [3.8, 4) is 11.4 Å². The number of amides is 2. The van der Waals surface area contributed by atoms with E-state index < -0.39 is 11.8 Å². The Balaban J connectivity index is 1.69. The van der Waals surface area contributed by atoms with Crippen molar-refractivity contribution in [3.63, 3.8) is 0 Å². The number of methoxy groups -OCH3 is 1. The lowest BCUT2D eigenvalue weighted by Crippen LogP contribution is -2.24. The van der Waals surface area contributed by atoms with Gasteiger partial charge in [-0.25, -0.2) is 5.48 Å². The number of carbonyl (C=O) groups excluding carboxylic acids is 2. The minimum Gasteiger partial charge on any atom is -0.497 e. The lowest BCUT2D eigenvalue weighted by molar-refractivity contribution is 0.0706. The van der Waals surface area contributed by atoms with Gasteiger partial charge in [-0.1, -0.05) is 18.2 Å². The summed E-state index contributed by atoms with van der Waals surface area (Å²) >= 11 is 0. The number of rotatable bonds is 6. The summed E-state index contributed by atoms with van der Waals surface area (Å²) in [6.07, 6.45) is 0. The summed E-state index contributed by atoms with van der Waals surface area (Å²) in [7, 11) is 1.55. The number of ether oxygens (including phenoxy) is 1. The van der Waals surface area contributed by atoms with Crippen LogP contribution in [0.3, 0.4) is 0 Å². The van der Waals surface area contributed by atoms with E-state index in [9.17, 15) is 9.59 Å². The van der Waals surface area contributed by atoms with Crippen LogP contribution in [0.2, 0.25) is 0 Å². The predicted octanol–water partition coefficient (Wildman–Crippen LogP) is 0.907. The fourth-order valence-corrected chi connectivity index (χ4v) is 2.43. The van der Waals surface area contributed by atoms with Crippen LogP contribution in [-0.2, 0) is 6.54 Å². The number of hydrogen-bond donors (Lipinski definition) is 4. The van der Waals surface area contributed by atoms with Gasteiger partial charge in [-0.15, -0.1) is 15.0 Å². The standard InChI is InChI=1S/C18H18N6O4/c1-28-14-4-2-3-13(9-14)24-21-15(16(19)22-24)18(26)20-10-11-5-7-12(8-6-11)17(25)23-27/h2-9,27H,10H2,1H3,(H2,19,22)(H,20,26)(H,23,25). The van der Waals surface area contributed by atoms with Gasteiger partial charge in [0.05, 0.1) is 12.8 Å². The first-order chi connectivity index (χ1) is 13.5. The van der Waals surface area contributed by atoms with E-state index in [0.717, 1.165) is 5.56 Å². The Morgan fingerprint density at radius 2 is 1.89 bits per heavy atom. The van der Waals surface area contributed by atoms with Crippen LogP contribution in [0.4, 0.5) is 5.82 Å². The molecular formula is C18H18N6O4. The van der Waals surface area contributed by atoms with Crippen LogP contribution < -0.4 is 21.3 Å². The number of nitrogens with one attached hydrogen (secondary N) is 2. The molecule has 0 saturated heterocycles. The molecule has 0 radical (unpaired) electrons. The molecule has 0 fully saturated rings. The molecule has 5 N–H and O–H groups in total. The molecule has 0 aliphatic rings. The van der Waals surface area contributed by atoms with Gasteiger partial charge < -0.3 is 15.8 Å². The van der Waals surface area contributed by atoms with Gasteiger partial charge in [0, 0.05) is 18.2 Å². The zero-order chi connectivity index (χ0) is 20.1. The van der Waals surface area contributed by atoms with Crippen molar-refractivity contribution in [2.24, 2.45) is 0 Å². The number of nitrogens with zero attached hydrogens (tertiary/aromatic N) is 3. The molecule has 28 heavy (non-hydrogen) atoms. The summed E-state index contributed by atoms with van der Waals surface area (Å²) in [6.45, 7) is 0.200. The summed E-state index contributed by atoms with van der Waals surface area (Å²) in [5, 5.41) is 19.5. The molecule has 0 aliphatic heterocycles. The molecule has 0 aliphatic carbocycles. The summed E-state index contributed by atoms with van der Waals surface area (Å²) in [6, 6.07) is 13.4. The topological polar surface area (TPSA) is 144 Å². The predicted molar refractivity (Wildman–Crippen MR) is 99.2 cm³/mol. The Labute approximate surface area is 159 Å². The molecule has 1 heterocycles. The maximum absolute atomic E-state index is 12.4. The quantitative estimate of drug-likeness (QED) is 0.366. The van der Waals surface area contributed by atoms with Crippen molar-refractivity contribution < 1.29 is 19.5 Å². The monoisotopic (exact) mass is 382 g/mol. The molecule has 0 atom stereocenters. The minimum absolute atomic E-state index is 0.000835. The van der Waals surface area contributed by atoms with Crippen molar-refractivity contribution in [2.75, 3.05) is 12.8 Å². The summed E-state index contributed by atoms with van der Waals surface area (Å²) in [5.41, 5.74) is 9.03. The molecule has 0 saturated carbocycles. The number of aromatic nitrogens is 3. The van der Waals surface area contributed by atoms with Crippen LogP contribution >= 0.6 is 0 Å². The van der Waals surface area contributed by atoms with Crippen molar-refractivity contribution in [1.29, 1.82) is 0 Å². The Bertz CT molecular complexity index is 1000. The second-order valence-electron chi connectivity index (χ2n) is 5.75. The minimum atomic E-state index is -0.613. The van der Waals surface area contributed by atoms with Gasteiger partial charge in [0.1, 0.15) is 5.75 Å². The number of nitrogens with two attached hydrogens (primary N) is 1. The molecule has 3 rings (SSSR count). The van der Waals surface area contributed by atoms with E-state index in [4.69, 9.17) is 15.7 Å². The van der Waals surface area contributed by atoms with Crippen LogP contribution in [0, 0.1) is 0 Å². The van der Waals surface area contributed by atoms with Crippen molar-refractivity contribution in [3.05, 3.63) is 65.4 Å². The number of carbonyl (C=O) groups is 2. The Hall–Kier alpha value is -3.92. The first-order valence-electron chi connectivity index (χ1n) is 8.20. The van der Waals surface area contributed by atoms with Gasteiger partial charge in [0.2, 0.25) is 0 Å². The lowest BCUT2D eigenvalue weighted by atomic mass is 10.1. The number of hydrogen-bond acceptors (Lipinski definition) is 7. The number of hydroxylamine groups is 1. The van der Waals surface area contributed by atoms with E-state index in [2.05, 4.69) is 15.5 Å². The molecule has 0 unspecified atom stereocenters. The third-order valence-corrected chi connectivity index (χ3v) is 3.91. The molecule has 0 bridgehead atoms. The first-order valence-corrected chi connectivity index (χ1v) is 8.20. The largest absolute Gasteiger partial charge is 0.497 e. The highest BCUT2D eigenvalue weighted by molar-refractivity contribution is 5.96. The van der Waals surface area contributed by atoms with E-state index in [0.29, 0.717) is 17.0 Å². The van der Waals surface area contributed by atoms with Crippen LogP contribution in [0.5, 0.6) is 5.75 Å². The van der Waals surface area contributed by atoms with E-state index >= 15 is 0 Å². The average molecular weight is 382 g/mol. The highest BCUT2D eigenvalue weighted by Gasteiger charge is 2.17. The number of anilines is 1. The van der Waals surface area contributed by atoms with E-state index in [-0.39, 0.29) is 18.1 Å². The van der Waals surface area contributed by atoms with Gasteiger partial charge in [0.15, 0.2) is 11.5 Å². The highest BCUT2D eigenvalue weighted by atomic mass is 16.5. The Kier molecular flexibility index (Phi) is 5.51. The average Bonchev–Trinajstić information content (AvgIpc) is 3.13. The van der Waals surface area contributed by atoms with E-state index in [1.54, 1.807) is 49.0 Å². The van der Waals surface area contributed by atoms with Gasteiger partial charge in [0.25, 0.3) is 11.8 Å². The van der Waals surface area contributed by atoms with Crippen molar-refractivity contribution >= 4 is 17.6 Å². The molecule has 0 spiro atoms. The fraction of sp³-hybridized carbons (Fsp3) is 0.111. The van der Waals surface area contributed by atoms with E-state index in [1.165, 1.54) is 16.9 Å². The molecule has 1 aromatic heterocycles. The molecule has 10 nitrogen and oxygen atoms in total. The van der Waals surface area contributed by atoms with Crippen molar-refractivity contribution in [2.45, 2.75) is 6.54 Å². The first kappa shape index (κ1) is 18.9. The fourth-order valence-electron chi connectivity index (χ4n) is 2.43. The molecule has 144 valence electrons. The number of nitrogen functional groups attached to an aromatic ring is 1. The number of benzene rings is 2. The highest BCUT2D eigenvalue weighted by Crippen LogP contribution is 2.16. The second kappa shape index (κ2) is 8.18. The molecular weight excluding hydrogens is 364 g/mol. The van der Waals surface area contributed by atoms with Crippen LogP contribution in [0.15, 0.2) is 48.5 Å². The maximum Gasteiger partial charge on any atom is 0.275 e. The van der Waals surface area contributed by atoms with Crippen LogP contribution in [-0.4, -0.2) is 39.1 Å². The summed E-state index contributed by atoms with van der Waals surface area (Å²) < 4.78 is 5.16. The molecule has 2 amide bonds. The Morgan fingerprint density at radius 3 is 2.57 bits per heavy atom. The van der Waals surface area contributed by atoms with Crippen LogP contribution in [0.25, 0.3) is 5.69 Å². The summed E-state index contributed by atoms with van der Waals surface area (Å²) in [4.78, 5) is 25.0. The molecule has 10 heteroatoms. The SMILES string of the molecule is COc1cccc(-n2nc(N)c(C(=O)NCc3ccc(C(=O)NO)cc3)n2)c1. The van der Waals surface area contributed by atoms with Gasteiger partial charge in [-0.05, 0) is 29.8 Å². The third kappa shape index (κ3) is 4.07. The smallest absolute Gasteiger partial charge is 0.275 e.